The van der Waals surface area contributed by atoms with Crippen molar-refractivity contribution in [1.82, 2.24) is 4.90 Å². The highest BCUT2D eigenvalue weighted by atomic mass is 79.9. The van der Waals surface area contributed by atoms with Gasteiger partial charge in [0, 0.05) is 35.8 Å². The average Bonchev–Trinajstić information content (AvgIpc) is 2.87. The van der Waals surface area contributed by atoms with E-state index in [-0.39, 0.29) is 23.6 Å². The molecule has 200 valence electrons. The molecule has 1 atom stereocenters. The number of Topliss-reactive ketones (excluding diaryl/α,β-unsaturated/α-hetero) is 1. The lowest BCUT2D eigenvalue weighted by Crippen LogP contribution is -2.43. The molecule has 2 N–H and O–H groups in total. The molecule has 0 fully saturated rings. The number of methoxy groups -OCH3 is 2. The number of benzene rings is 2. The number of hydrogen-bond acceptors (Lipinski definition) is 7. The second kappa shape index (κ2) is 11.2. The van der Waals surface area contributed by atoms with E-state index in [2.05, 4.69) is 35.8 Å². The third-order valence-corrected chi connectivity index (χ3v) is 7.59. The van der Waals surface area contributed by atoms with Crippen LogP contribution in [0.4, 0.5) is 4.39 Å². The van der Waals surface area contributed by atoms with E-state index in [1.54, 1.807) is 31.4 Å². The van der Waals surface area contributed by atoms with Gasteiger partial charge in [-0.3, -0.25) is 4.79 Å². The normalized spacial score (nSPS) is 18.8. The fourth-order valence-corrected chi connectivity index (χ4v) is 5.66. The molecule has 4 rings (SSSR count). The summed E-state index contributed by atoms with van der Waals surface area (Å²) >= 11 is 3.65. The molecule has 0 spiro atoms. The van der Waals surface area contributed by atoms with Crippen molar-refractivity contribution in [2.75, 3.05) is 27.4 Å². The molecule has 2 aromatic rings. The Morgan fingerprint density at radius 2 is 1.89 bits per heavy atom. The highest BCUT2D eigenvalue weighted by Crippen LogP contribution is 2.51. The molecule has 0 saturated heterocycles. The molecule has 2 aromatic carbocycles. The molecule has 1 aliphatic carbocycles. The summed E-state index contributed by atoms with van der Waals surface area (Å²) in [5.74, 6) is 0.237. The fourth-order valence-electron chi connectivity index (χ4n) is 5.11. The second-order valence-electron chi connectivity index (χ2n) is 10.2. The van der Waals surface area contributed by atoms with Crippen molar-refractivity contribution in [1.29, 1.82) is 5.26 Å². The van der Waals surface area contributed by atoms with Crippen LogP contribution < -0.4 is 15.2 Å². The van der Waals surface area contributed by atoms with Crippen LogP contribution in [0.25, 0.3) is 0 Å². The SMILES string of the molecule is COCCN1C(N)=C(C#N)[C@@H](c2cc(OC)c(OCc3ccc(F)cc3)cc2Br)C2=C1CC(C)(C)CC2=O. The second-order valence-corrected chi connectivity index (χ2v) is 11.1. The Labute approximate surface area is 230 Å². The summed E-state index contributed by atoms with van der Waals surface area (Å²) in [5, 5.41) is 10.2. The van der Waals surface area contributed by atoms with Gasteiger partial charge in [0.2, 0.25) is 0 Å². The number of ether oxygens (including phenoxy) is 3. The van der Waals surface area contributed by atoms with Crippen LogP contribution in [0, 0.1) is 22.6 Å². The Hall–Kier alpha value is -3.35. The van der Waals surface area contributed by atoms with Gasteiger partial charge in [-0.05, 0) is 47.2 Å². The van der Waals surface area contributed by atoms with E-state index in [0.717, 1.165) is 11.3 Å². The number of allylic oxidation sites excluding steroid dienone is 3. The largest absolute Gasteiger partial charge is 0.493 e. The summed E-state index contributed by atoms with van der Waals surface area (Å²) < 4.78 is 30.8. The van der Waals surface area contributed by atoms with E-state index in [1.807, 2.05) is 4.90 Å². The zero-order chi connectivity index (χ0) is 27.6. The van der Waals surface area contributed by atoms with Crippen molar-refractivity contribution >= 4 is 21.7 Å². The topological polar surface area (TPSA) is 97.8 Å². The van der Waals surface area contributed by atoms with Crippen molar-refractivity contribution in [2.24, 2.45) is 11.1 Å². The minimum absolute atomic E-state index is 0.00794. The summed E-state index contributed by atoms with van der Waals surface area (Å²) in [4.78, 5) is 15.5. The first kappa shape index (κ1) is 27.7. The van der Waals surface area contributed by atoms with Crippen LogP contribution in [0.3, 0.4) is 0 Å². The van der Waals surface area contributed by atoms with Crippen LogP contribution >= 0.6 is 15.9 Å². The maximum Gasteiger partial charge on any atom is 0.162 e. The average molecular weight is 584 g/mol. The summed E-state index contributed by atoms with van der Waals surface area (Å²) in [6, 6.07) is 11.9. The van der Waals surface area contributed by atoms with Gasteiger partial charge in [0.15, 0.2) is 17.3 Å². The Morgan fingerprint density at radius 1 is 1.18 bits per heavy atom. The summed E-state index contributed by atoms with van der Waals surface area (Å²) in [6.07, 6.45) is 1.01. The van der Waals surface area contributed by atoms with E-state index in [1.165, 1.54) is 19.2 Å². The maximum absolute atomic E-state index is 13.6. The van der Waals surface area contributed by atoms with Crippen LogP contribution in [0.15, 0.2) is 63.5 Å². The number of halogens is 2. The quantitative estimate of drug-likeness (QED) is 0.434. The molecule has 7 nitrogen and oxygen atoms in total. The number of hydrogen-bond donors (Lipinski definition) is 1. The van der Waals surface area contributed by atoms with Gasteiger partial charge in [-0.2, -0.15) is 5.26 Å². The fraction of sp³-hybridized carbons (Fsp3) is 0.379. The molecule has 38 heavy (non-hydrogen) atoms. The maximum atomic E-state index is 13.6. The summed E-state index contributed by atoms with van der Waals surface area (Å²) in [7, 11) is 3.13. The van der Waals surface area contributed by atoms with Crippen molar-refractivity contribution in [3.8, 4) is 17.6 Å². The van der Waals surface area contributed by atoms with Crippen LogP contribution in [-0.2, 0) is 16.1 Å². The molecule has 0 unspecified atom stereocenters. The monoisotopic (exact) mass is 583 g/mol. The lowest BCUT2D eigenvalue weighted by atomic mass is 9.68. The zero-order valence-electron chi connectivity index (χ0n) is 21.9. The first-order valence-electron chi connectivity index (χ1n) is 12.3. The number of carbonyl (C=O) groups is 1. The number of ketones is 1. The van der Waals surface area contributed by atoms with Crippen molar-refractivity contribution < 1.29 is 23.4 Å². The molecule has 0 saturated carbocycles. The van der Waals surface area contributed by atoms with E-state index >= 15 is 0 Å². The highest BCUT2D eigenvalue weighted by Gasteiger charge is 2.44. The number of nitriles is 1. The number of nitrogens with two attached hydrogens (primary N) is 1. The van der Waals surface area contributed by atoms with Gasteiger partial charge >= 0.3 is 0 Å². The van der Waals surface area contributed by atoms with Gasteiger partial charge in [-0.15, -0.1) is 0 Å². The first-order valence-corrected chi connectivity index (χ1v) is 13.1. The minimum atomic E-state index is -0.660. The van der Waals surface area contributed by atoms with Crippen LogP contribution in [0.5, 0.6) is 11.5 Å². The lowest BCUT2D eigenvalue weighted by molar-refractivity contribution is -0.118. The number of rotatable bonds is 8. The molecule has 9 heteroatoms. The molecule has 0 amide bonds. The number of carbonyl (C=O) groups excluding carboxylic acids is 1. The minimum Gasteiger partial charge on any atom is -0.493 e. The standard InChI is InChI=1S/C29H31BrFN3O4/c1-29(2)13-22-27(23(35)14-29)26(20(15-32)28(33)34(22)9-10-36-3)19-11-24(37-4)25(12-21(19)30)38-16-17-5-7-18(31)8-6-17/h5-8,11-12,26H,9-10,13-14,16,33H2,1-4H3/t26-/m1/s1. The molecule has 0 radical (unpaired) electrons. The van der Waals surface area contributed by atoms with Crippen molar-refractivity contribution in [3.05, 3.63) is 80.5 Å². The smallest absolute Gasteiger partial charge is 0.162 e. The molecule has 1 heterocycles. The molecular formula is C29H31BrFN3O4. The first-order chi connectivity index (χ1) is 18.1. The van der Waals surface area contributed by atoms with Crippen molar-refractivity contribution in [3.63, 3.8) is 0 Å². The summed E-state index contributed by atoms with van der Waals surface area (Å²) in [6.45, 7) is 5.16. The Morgan fingerprint density at radius 3 is 2.53 bits per heavy atom. The van der Waals surface area contributed by atoms with Gasteiger partial charge in [0.05, 0.1) is 31.3 Å². The molecule has 0 aromatic heterocycles. The van der Waals surface area contributed by atoms with Gasteiger partial charge in [0.1, 0.15) is 18.2 Å². The van der Waals surface area contributed by atoms with E-state index in [9.17, 15) is 14.4 Å². The van der Waals surface area contributed by atoms with Crippen molar-refractivity contribution in [2.45, 2.75) is 39.2 Å². The molecule has 1 aliphatic heterocycles. The third kappa shape index (κ3) is 5.42. The van der Waals surface area contributed by atoms with Crippen LogP contribution in [-0.4, -0.2) is 38.1 Å². The van der Waals surface area contributed by atoms with Gasteiger partial charge in [-0.1, -0.05) is 41.9 Å². The predicted molar refractivity (Wildman–Crippen MR) is 145 cm³/mol. The molecular weight excluding hydrogens is 553 g/mol. The number of nitrogens with zero attached hydrogens (tertiary/aromatic N) is 2. The van der Waals surface area contributed by atoms with E-state index in [0.29, 0.717) is 64.5 Å². The Balaban J connectivity index is 1.80. The van der Waals surface area contributed by atoms with E-state index < -0.39 is 5.92 Å². The van der Waals surface area contributed by atoms with Gasteiger partial charge in [-0.25, -0.2) is 4.39 Å². The Bertz CT molecular complexity index is 1340. The van der Waals surface area contributed by atoms with E-state index in [4.69, 9.17) is 19.9 Å². The predicted octanol–water partition coefficient (Wildman–Crippen LogP) is 5.56. The zero-order valence-corrected chi connectivity index (χ0v) is 23.5. The molecule has 0 bridgehead atoms. The molecule has 2 aliphatic rings. The van der Waals surface area contributed by atoms with Gasteiger partial charge in [0.25, 0.3) is 0 Å². The Kier molecular flexibility index (Phi) is 8.14. The summed E-state index contributed by atoms with van der Waals surface area (Å²) in [5.41, 5.74) is 9.54. The van der Waals surface area contributed by atoms with Crippen LogP contribution in [0.1, 0.15) is 43.7 Å². The van der Waals surface area contributed by atoms with Gasteiger partial charge < -0.3 is 24.8 Å². The lowest BCUT2D eigenvalue weighted by Gasteiger charge is -2.44. The van der Waals surface area contributed by atoms with Crippen LogP contribution in [0.2, 0.25) is 0 Å². The third-order valence-electron chi connectivity index (χ3n) is 6.91. The highest BCUT2D eigenvalue weighted by molar-refractivity contribution is 9.10.